The lowest BCUT2D eigenvalue weighted by molar-refractivity contribution is 0.450. The largest absolute Gasteiger partial charge is 0.256 e. The van der Waals surface area contributed by atoms with Gasteiger partial charge in [-0.25, -0.2) is 40.1 Å². The first-order chi connectivity index (χ1) is 17.5. The van der Waals surface area contributed by atoms with E-state index in [2.05, 4.69) is 25.9 Å². The first-order valence-electron chi connectivity index (χ1n) is 9.52. The van der Waals surface area contributed by atoms with Gasteiger partial charge in [0.25, 0.3) is 0 Å². The maximum absolute atomic E-state index is 13.6. The summed E-state index contributed by atoms with van der Waals surface area (Å²) in [5.41, 5.74) is -3.71. The molecule has 4 nitrogen and oxygen atoms in total. The summed E-state index contributed by atoms with van der Waals surface area (Å²) in [6, 6.07) is 11.9. The van der Waals surface area contributed by atoms with Crippen LogP contribution in [0.15, 0.2) is 59.5 Å². The second kappa shape index (κ2) is 13.1. The van der Waals surface area contributed by atoms with Crippen LogP contribution in [0.4, 0.5) is 35.1 Å². The molecule has 2 aromatic carbocycles. The Balaban J connectivity index is 0.000000217. The topological polar surface area (TPSA) is 73.4 Å². The maximum Gasteiger partial charge on any atom is 0.180 e. The summed E-state index contributed by atoms with van der Waals surface area (Å²) in [4.78, 5) is 7.51. The van der Waals surface area contributed by atoms with Crippen molar-refractivity contribution >= 4 is 15.9 Å². The molecule has 37 heavy (non-hydrogen) atoms. The van der Waals surface area contributed by atoms with Crippen LogP contribution in [0.3, 0.4) is 0 Å². The summed E-state index contributed by atoms with van der Waals surface area (Å²) in [5, 5.41) is 16.5. The quantitative estimate of drug-likeness (QED) is 0.135. The first-order valence-corrected chi connectivity index (χ1v) is 10.3. The zero-order chi connectivity index (χ0) is 27.7. The highest BCUT2D eigenvalue weighted by atomic mass is 79.9. The average Bonchev–Trinajstić information content (AvgIpc) is 2.89. The van der Waals surface area contributed by atoms with E-state index in [9.17, 15) is 35.1 Å². The predicted octanol–water partition coefficient (Wildman–Crippen LogP) is 7.14. The van der Waals surface area contributed by atoms with E-state index < -0.39 is 63.2 Å². The molecule has 188 valence electrons. The SMILES string of the molecule is Brc1ccccn1.N#Cc1c(F)c(F)c(-c2ccccn2)c(F)c1F.N#Cc1c(F)c(F)cc(F)c1F. The van der Waals surface area contributed by atoms with Gasteiger partial charge < -0.3 is 0 Å². The second-order valence-electron chi connectivity index (χ2n) is 6.44. The third-order valence-corrected chi connectivity index (χ3v) is 4.62. The number of nitriles is 2. The van der Waals surface area contributed by atoms with Gasteiger partial charge in [0.15, 0.2) is 46.5 Å². The molecule has 0 spiro atoms. The van der Waals surface area contributed by atoms with Crippen LogP contribution in [0, 0.1) is 69.2 Å². The number of pyridine rings is 2. The molecule has 0 aliphatic carbocycles. The molecule has 13 heteroatoms. The van der Waals surface area contributed by atoms with E-state index >= 15 is 0 Å². The summed E-state index contributed by atoms with van der Waals surface area (Å²) in [6.45, 7) is 0. The Bertz CT molecular complexity index is 1430. The first kappa shape index (κ1) is 28.9. The van der Waals surface area contributed by atoms with Gasteiger partial charge in [0.2, 0.25) is 0 Å². The lowest BCUT2D eigenvalue weighted by Gasteiger charge is -2.07. The average molecular weight is 585 g/mol. The summed E-state index contributed by atoms with van der Waals surface area (Å²) < 4.78 is 104. The van der Waals surface area contributed by atoms with Crippen LogP contribution >= 0.6 is 15.9 Å². The third kappa shape index (κ3) is 6.86. The fourth-order valence-corrected chi connectivity index (χ4v) is 2.75. The molecular weight excluding hydrogens is 576 g/mol. The summed E-state index contributed by atoms with van der Waals surface area (Å²) in [7, 11) is 0. The Labute approximate surface area is 212 Å². The molecule has 2 aromatic heterocycles. The molecule has 0 aliphatic rings. The lowest BCUT2D eigenvalue weighted by Crippen LogP contribution is -2.04. The van der Waals surface area contributed by atoms with Crippen molar-refractivity contribution in [2.24, 2.45) is 0 Å². The molecule has 0 aliphatic heterocycles. The summed E-state index contributed by atoms with van der Waals surface area (Å²) in [6.07, 6.45) is 2.96. The fourth-order valence-electron chi connectivity index (χ4n) is 2.48. The zero-order valence-electron chi connectivity index (χ0n) is 17.9. The molecular formula is C24H9BrF8N4. The highest BCUT2D eigenvalue weighted by Gasteiger charge is 2.26. The van der Waals surface area contributed by atoms with Crippen LogP contribution in [-0.4, -0.2) is 9.97 Å². The van der Waals surface area contributed by atoms with Gasteiger partial charge in [0, 0.05) is 18.5 Å². The monoisotopic (exact) mass is 584 g/mol. The maximum atomic E-state index is 13.6. The Hall–Kier alpha value is -4.36. The Morgan fingerprint density at radius 2 is 1.05 bits per heavy atom. The molecule has 4 rings (SSSR count). The minimum atomic E-state index is -1.72. The molecule has 0 saturated carbocycles. The van der Waals surface area contributed by atoms with Gasteiger partial charge in [-0.1, -0.05) is 12.1 Å². The van der Waals surface area contributed by atoms with Gasteiger partial charge >= 0.3 is 0 Å². The van der Waals surface area contributed by atoms with E-state index in [0.29, 0.717) is 0 Å². The molecule has 2 heterocycles. The molecule has 0 bridgehead atoms. The number of benzene rings is 2. The standard InChI is InChI=1S/C12H4F4N2.C7HF4N.C5H4BrN/c13-9-6(5-17)10(14)12(16)8(11(9)15)7-3-1-2-4-18-7;8-4-1-5(9)7(11)3(2-12)6(4)10;6-5-3-1-2-4-7-5/h1-4H;1H;1-4H. The van der Waals surface area contributed by atoms with Gasteiger partial charge in [-0.15, -0.1) is 0 Å². The molecule has 0 atom stereocenters. The van der Waals surface area contributed by atoms with E-state index in [0.717, 1.165) is 16.7 Å². The molecule has 0 amide bonds. The highest BCUT2D eigenvalue weighted by molar-refractivity contribution is 9.10. The minimum absolute atomic E-state index is 0.0471. The second-order valence-corrected chi connectivity index (χ2v) is 7.25. The fraction of sp³-hybridized carbons (Fsp3) is 0. The molecule has 0 N–H and O–H groups in total. The van der Waals surface area contributed by atoms with Crippen molar-refractivity contribution in [3.63, 3.8) is 0 Å². The van der Waals surface area contributed by atoms with Crippen LogP contribution in [0.5, 0.6) is 0 Å². The lowest BCUT2D eigenvalue weighted by atomic mass is 10.1. The highest BCUT2D eigenvalue weighted by Crippen LogP contribution is 2.30. The van der Waals surface area contributed by atoms with Crippen LogP contribution in [0.25, 0.3) is 11.3 Å². The number of hydrogen-bond acceptors (Lipinski definition) is 4. The minimum Gasteiger partial charge on any atom is -0.256 e. The van der Waals surface area contributed by atoms with Crippen molar-refractivity contribution in [3.05, 3.63) is 117 Å². The molecule has 4 aromatic rings. The van der Waals surface area contributed by atoms with Crippen molar-refractivity contribution in [1.29, 1.82) is 10.5 Å². The van der Waals surface area contributed by atoms with Crippen molar-refractivity contribution in [3.8, 4) is 23.4 Å². The van der Waals surface area contributed by atoms with E-state index in [-0.39, 0.29) is 11.8 Å². The summed E-state index contributed by atoms with van der Waals surface area (Å²) in [5.74, 6) is -13.2. The number of halogens is 9. The van der Waals surface area contributed by atoms with Crippen LogP contribution in [0.2, 0.25) is 0 Å². The van der Waals surface area contributed by atoms with E-state index in [1.807, 2.05) is 18.2 Å². The van der Waals surface area contributed by atoms with Crippen molar-refractivity contribution in [1.82, 2.24) is 9.97 Å². The van der Waals surface area contributed by atoms with Crippen molar-refractivity contribution in [2.45, 2.75) is 0 Å². The van der Waals surface area contributed by atoms with Crippen LogP contribution in [0.1, 0.15) is 11.1 Å². The van der Waals surface area contributed by atoms with Gasteiger partial charge in [0.05, 0.1) is 11.3 Å². The van der Waals surface area contributed by atoms with Crippen LogP contribution in [-0.2, 0) is 0 Å². The van der Waals surface area contributed by atoms with Crippen LogP contribution < -0.4 is 0 Å². The molecule has 0 fully saturated rings. The normalized spacial score (nSPS) is 9.70. The van der Waals surface area contributed by atoms with Crippen molar-refractivity contribution < 1.29 is 35.1 Å². The number of rotatable bonds is 1. The molecule has 0 unspecified atom stereocenters. The van der Waals surface area contributed by atoms with E-state index in [1.165, 1.54) is 24.4 Å². The Morgan fingerprint density at radius 3 is 1.41 bits per heavy atom. The Morgan fingerprint density at radius 1 is 0.595 bits per heavy atom. The van der Waals surface area contributed by atoms with Gasteiger partial charge in [-0.2, -0.15) is 10.5 Å². The van der Waals surface area contributed by atoms with E-state index in [1.54, 1.807) is 6.20 Å². The molecule has 0 radical (unpaired) electrons. The van der Waals surface area contributed by atoms with Gasteiger partial charge in [-0.3, -0.25) is 4.98 Å². The van der Waals surface area contributed by atoms with Gasteiger partial charge in [0.1, 0.15) is 27.9 Å². The third-order valence-electron chi connectivity index (χ3n) is 4.15. The predicted molar refractivity (Wildman–Crippen MR) is 117 cm³/mol. The number of hydrogen-bond donors (Lipinski definition) is 0. The Kier molecular flexibility index (Phi) is 10.2. The van der Waals surface area contributed by atoms with Gasteiger partial charge in [-0.05, 0) is 40.2 Å². The molecule has 0 saturated heterocycles. The smallest absolute Gasteiger partial charge is 0.180 e. The van der Waals surface area contributed by atoms with E-state index in [4.69, 9.17) is 10.5 Å². The number of nitrogens with zero attached hydrogens (tertiary/aromatic N) is 4. The van der Waals surface area contributed by atoms with Crippen molar-refractivity contribution in [2.75, 3.05) is 0 Å². The summed E-state index contributed by atoms with van der Waals surface area (Å²) >= 11 is 3.20. The number of aromatic nitrogens is 2. The zero-order valence-corrected chi connectivity index (χ0v) is 19.5.